The number of nitrogens with one attached hydrogen (secondary N) is 1. The molecule has 0 aliphatic rings. The summed E-state index contributed by atoms with van der Waals surface area (Å²) in [6.07, 6.45) is 0. The Kier molecular flexibility index (Phi) is 7.38. The summed E-state index contributed by atoms with van der Waals surface area (Å²) in [6.45, 7) is 6.26. The monoisotopic (exact) mass is 489 g/mol. The van der Waals surface area contributed by atoms with E-state index < -0.39 is 5.25 Å². The molecule has 0 radical (unpaired) electrons. The number of nitrogen functional groups attached to an aromatic ring is 1. The molecule has 1 aromatic heterocycles. The number of nitrogens with zero attached hydrogens (tertiary/aromatic N) is 3. The second kappa shape index (κ2) is 9.99. The minimum atomic E-state index is -0.409. The fourth-order valence-electron chi connectivity index (χ4n) is 2.60. The van der Waals surface area contributed by atoms with Crippen molar-refractivity contribution in [3.05, 3.63) is 64.4 Å². The first-order chi connectivity index (χ1) is 14.3. The van der Waals surface area contributed by atoms with Crippen LogP contribution in [0.15, 0.2) is 58.2 Å². The Morgan fingerprint density at radius 3 is 2.60 bits per heavy atom. The molecule has 158 valence electrons. The van der Waals surface area contributed by atoms with Crippen LogP contribution in [0.1, 0.15) is 38.1 Å². The van der Waals surface area contributed by atoms with E-state index in [-0.39, 0.29) is 12.5 Å². The first-order valence-corrected chi connectivity index (χ1v) is 11.2. The zero-order chi connectivity index (χ0) is 21.7. The summed E-state index contributed by atoms with van der Waals surface area (Å²) in [5.41, 5.74) is 1.96. The Bertz CT molecular complexity index is 1010. The zero-order valence-electron chi connectivity index (χ0n) is 17.0. The molecule has 7 nitrogen and oxygen atoms in total. The van der Waals surface area contributed by atoms with Crippen LogP contribution in [-0.2, 0) is 11.4 Å². The van der Waals surface area contributed by atoms with E-state index in [1.165, 1.54) is 22.0 Å². The van der Waals surface area contributed by atoms with E-state index in [0.717, 1.165) is 10.2 Å². The normalized spacial score (nSPS) is 12.0. The predicted molar refractivity (Wildman–Crippen MR) is 123 cm³/mol. The average Bonchev–Trinajstić information content (AvgIpc) is 3.06. The molecule has 3 aromatic rings. The molecule has 2 aromatic carbocycles. The van der Waals surface area contributed by atoms with Gasteiger partial charge in [0.25, 0.3) is 0 Å². The minimum Gasteiger partial charge on any atom is -0.486 e. The van der Waals surface area contributed by atoms with Crippen LogP contribution in [0.5, 0.6) is 5.75 Å². The summed E-state index contributed by atoms with van der Waals surface area (Å²) in [7, 11) is 0. The Balaban J connectivity index is 1.57. The Labute approximate surface area is 188 Å². The number of amides is 1. The summed E-state index contributed by atoms with van der Waals surface area (Å²) >= 11 is 4.62. The summed E-state index contributed by atoms with van der Waals surface area (Å²) in [6, 6.07) is 15.4. The van der Waals surface area contributed by atoms with Crippen molar-refractivity contribution in [2.45, 2.75) is 43.7 Å². The standard InChI is InChI=1S/C21H24BrN5O2S/c1-13(2)15-7-9-18(10-8-15)29-12-19-25-26-21(27(19)23)30-14(3)20(28)24-17-6-4-5-16(22)11-17/h4-11,13-14H,12,23H2,1-3H3,(H,24,28). The van der Waals surface area contributed by atoms with Crippen LogP contribution < -0.4 is 15.9 Å². The van der Waals surface area contributed by atoms with Crippen molar-refractivity contribution in [1.29, 1.82) is 0 Å². The van der Waals surface area contributed by atoms with Gasteiger partial charge in [-0.2, -0.15) is 0 Å². The van der Waals surface area contributed by atoms with E-state index in [0.29, 0.717) is 22.6 Å². The molecule has 0 saturated carbocycles. The van der Waals surface area contributed by atoms with Gasteiger partial charge in [-0.05, 0) is 48.7 Å². The summed E-state index contributed by atoms with van der Waals surface area (Å²) in [4.78, 5) is 12.5. The van der Waals surface area contributed by atoms with Crippen molar-refractivity contribution in [2.75, 3.05) is 11.2 Å². The van der Waals surface area contributed by atoms with Gasteiger partial charge in [0.2, 0.25) is 11.1 Å². The van der Waals surface area contributed by atoms with E-state index in [1.807, 2.05) is 48.5 Å². The van der Waals surface area contributed by atoms with Crippen LogP contribution >= 0.6 is 27.7 Å². The molecule has 0 aliphatic carbocycles. The van der Waals surface area contributed by atoms with Gasteiger partial charge in [-0.25, -0.2) is 4.68 Å². The fraction of sp³-hybridized carbons (Fsp3) is 0.286. The molecule has 1 atom stereocenters. The number of benzene rings is 2. The number of rotatable bonds is 8. The number of halogens is 1. The molecular weight excluding hydrogens is 466 g/mol. The lowest BCUT2D eigenvalue weighted by Crippen LogP contribution is -2.24. The first-order valence-electron chi connectivity index (χ1n) is 9.48. The van der Waals surface area contributed by atoms with Crippen LogP contribution in [0, 0.1) is 0 Å². The van der Waals surface area contributed by atoms with Crippen LogP contribution in [0.3, 0.4) is 0 Å². The van der Waals surface area contributed by atoms with Crippen LogP contribution in [-0.4, -0.2) is 26.0 Å². The quantitative estimate of drug-likeness (QED) is 0.355. The molecule has 1 heterocycles. The number of hydrogen-bond donors (Lipinski definition) is 2. The molecule has 9 heteroatoms. The third-order valence-corrected chi connectivity index (χ3v) is 5.94. The minimum absolute atomic E-state index is 0.149. The number of nitrogens with two attached hydrogens (primary N) is 1. The topological polar surface area (TPSA) is 95.1 Å². The number of carbonyl (C=O) groups is 1. The molecule has 1 unspecified atom stereocenters. The maximum absolute atomic E-state index is 12.5. The van der Waals surface area contributed by atoms with Crippen molar-refractivity contribution < 1.29 is 9.53 Å². The fourth-order valence-corrected chi connectivity index (χ4v) is 3.79. The Hall–Kier alpha value is -2.52. The maximum Gasteiger partial charge on any atom is 0.237 e. The molecule has 3 rings (SSSR count). The van der Waals surface area contributed by atoms with E-state index in [1.54, 1.807) is 6.92 Å². The van der Waals surface area contributed by atoms with Gasteiger partial charge >= 0.3 is 0 Å². The number of anilines is 1. The SMILES string of the molecule is CC(Sc1nnc(COc2ccc(C(C)C)cc2)n1N)C(=O)Nc1cccc(Br)c1. The van der Waals surface area contributed by atoms with Gasteiger partial charge < -0.3 is 15.9 Å². The summed E-state index contributed by atoms with van der Waals surface area (Å²) < 4.78 is 8.02. The second-order valence-electron chi connectivity index (χ2n) is 7.04. The average molecular weight is 490 g/mol. The molecule has 0 fully saturated rings. The molecule has 0 spiro atoms. The largest absolute Gasteiger partial charge is 0.486 e. The molecule has 0 aliphatic heterocycles. The van der Waals surface area contributed by atoms with E-state index >= 15 is 0 Å². The lowest BCUT2D eigenvalue weighted by Gasteiger charge is -2.12. The highest BCUT2D eigenvalue weighted by molar-refractivity contribution is 9.10. The smallest absolute Gasteiger partial charge is 0.237 e. The van der Waals surface area contributed by atoms with Gasteiger partial charge in [-0.3, -0.25) is 4.79 Å². The van der Waals surface area contributed by atoms with Crippen molar-refractivity contribution >= 4 is 39.3 Å². The van der Waals surface area contributed by atoms with Gasteiger partial charge in [-0.15, -0.1) is 10.2 Å². The van der Waals surface area contributed by atoms with Gasteiger partial charge in [0.1, 0.15) is 12.4 Å². The van der Waals surface area contributed by atoms with Crippen molar-refractivity contribution in [1.82, 2.24) is 14.9 Å². The zero-order valence-corrected chi connectivity index (χ0v) is 19.4. The van der Waals surface area contributed by atoms with Gasteiger partial charge in [0.05, 0.1) is 5.25 Å². The first kappa shape index (κ1) is 22.2. The Morgan fingerprint density at radius 2 is 1.93 bits per heavy atom. The third kappa shape index (κ3) is 5.76. The number of ether oxygens (including phenoxy) is 1. The van der Waals surface area contributed by atoms with Gasteiger partial charge in [0, 0.05) is 10.2 Å². The molecule has 0 bridgehead atoms. The van der Waals surface area contributed by atoms with Crippen molar-refractivity contribution in [3.63, 3.8) is 0 Å². The van der Waals surface area contributed by atoms with E-state index in [9.17, 15) is 4.79 Å². The van der Waals surface area contributed by atoms with Crippen LogP contribution in [0.2, 0.25) is 0 Å². The highest BCUT2D eigenvalue weighted by Crippen LogP contribution is 2.24. The van der Waals surface area contributed by atoms with E-state index in [4.69, 9.17) is 10.6 Å². The van der Waals surface area contributed by atoms with Crippen LogP contribution in [0.25, 0.3) is 0 Å². The molecular formula is C21H24BrN5O2S. The maximum atomic E-state index is 12.5. The third-order valence-electron chi connectivity index (χ3n) is 4.39. The molecule has 30 heavy (non-hydrogen) atoms. The van der Waals surface area contributed by atoms with E-state index in [2.05, 4.69) is 45.3 Å². The highest BCUT2D eigenvalue weighted by atomic mass is 79.9. The van der Waals surface area contributed by atoms with Gasteiger partial charge in [-0.1, -0.05) is 59.7 Å². The molecule has 1 amide bonds. The highest BCUT2D eigenvalue weighted by Gasteiger charge is 2.20. The van der Waals surface area contributed by atoms with Gasteiger partial charge in [0.15, 0.2) is 5.82 Å². The second-order valence-corrected chi connectivity index (χ2v) is 9.26. The van der Waals surface area contributed by atoms with Crippen molar-refractivity contribution in [3.8, 4) is 5.75 Å². The Morgan fingerprint density at radius 1 is 1.20 bits per heavy atom. The number of hydrogen-bond acceptors (Lipinski definition) is 6. The summed E-state index contributed by atoms with van der Waals surface area (Å²) in [5.74, 6) is 7.63. The predicted octanol–water partition coefficient (Wildman–Crippen LogP) is 4.58. The number of carbonyl (C=O) groups excluding carboxylic acids is 1. The molecule has 0 saturated heterocycles. The number of thioether (sulfide) groups is 1. The summed E-state index contributed by atoms with van der Waals surface area (Å²) in [5, 5.41) is 11.1. The lowest BCUT2D eigenvalue weighted by atomic mass is 10.0. The lowest BCUT2D eigenvalue weighted by molar-refractivity contribution is -0.115. The van der Waals surface area contributed by atoms with Crippen molar-refractivity contribution in [2.24, 2.45) is 0 Å². The van der Waals surface area contributed by atoms with Crippen LogP contribution in [0.4, 0.5) is 5.69 Å². The number of aromatic nitrogens is 3. The molecule has 3 N–H and O–H groups in total.